The second-order valence-corrected chi connectivity index (χ2v) is 7.68. The van der Waals surface area contributed by atoms with E-state index in [1.54, 1.807) is 6.92 Å². The molecule has 2 aliphatic rings. The zero-order chi connectivity index (χ0) is 18.0. The molecule has 2 aliphatic heterocycles. The Morgan fingerprint density at radius 1 is 1.04 bits per heavy atom. The zero-order valence-electron chi connectivity index (χ0n) is 15.5. The topological polar surface area (TPSA) is 36.4 Å². The Labute approximate surface area is 155 Å². The maximum atomic E-state index is 11.5. The van der Waals surface area contributed by atoms with E-state index < -0.39 is 0 Å². The number of pyridine rings is 1. The van der Waals surface area contributed by atoms with E-state index in [1.807, 2.05) is 24.4 Å². The molecule has 0 aliphatic carbocycles. The van der Waals surface area contributed by atoms with Crippen LogP contribution in [0.2, 0.25) is 0 Å². The number of likely N-dealkylation sites (tertiary alicyclic amines) is 1. The minimum absolute atomic E-state index is 0.135. The molecule has 1 aromatic heterocycles. The normalized spacial score (nSPS) is 19.8. The fraction of sp³-hybridized carbons (Fsp3) is 0.455. The number of aromatic nitrogens is 1. The molecular formula is C22H27N3O. The first-order chi connectivity index (χ1) is 12.7. The SMILES string of the molecule is CC(=O)c1ccc(CN2CCCC23CCN(c2ccccn2)CC3)cc1. The number of benzene rings is 1. The van der Waals surface area contributed by atoms with Gasteiger partial charge in [-0.05, 0) is 56.8 Å². The van der Waals surface area contributed by atoms with Crippen molar-refractivity contribution in [1.82, 2.24) is 9.88 Å². The van der Waals surface area contributed by atoms with Crippen LogP contribution < -0.4 is 4.90 Å². The highest BCUT2D eigenvalue weighted by Crippen LogP contribution is 2.40. The summed E-state index contributed by atoms with van der Waals surface area (Å²) in [6.45, 7) is 5.95. The van der Waals surface area contributed by atoms with Gasteiger partial charge in [0, 0.05) is 36.9 Å². The maximum absolute atomic E-state index is 11.5. The van der Waals surface area contributed by atoms with Crippen molar-refractivity contribution in [2.45, 2.75) is 44.7 Å². The van der Waals surface area contributed by atoms with E-state index in [0.29, 0.717) is 5.54 Å². The molecule has 4 nitrogen and oxygen atoms in total. The number of carbonyl (C=O) groups excluding carboxylic acids is 1. The largest absolute Gasteiger partial charge is 0.356 e. The first-order valence-corrected chi connectivity index (χ1v) is 9.67. The molecule has 0 atom stereocenters. The van der Waals surface area contributed by atoms with E-state index in [0.717, 1.165) is 31.0 Å². The summed E-state index contributed by atoms with van der Waals surface area (Å²) in [5.74, 6) is 1.24. The first kappa shape index (κ1) is 17.2. The van der Waals surface area contributed by atoms with Crippen LogP contribution >= 0.6 is 0 Å². The Morgan fingerprint density at radius 2 is 1.81 bits per heavy atom. The van der Waals surface area contributed by atoms with Gasteiger partial charge in [0.25, 0.3) is 0 Å². The summed E-state index contributed by atoms with van der Waals surface area (Å²) in [7, 11) is 0. The Bertz CT molecular complexity index is 749. The van der Waals surface area contributed by atoms with Gasteiger partial charge in [-0.25, -0.2) is 4.98 Å². The average Bonchev–Trinajstić information content (AvgIpc) is 3.05. The van der Waals surface area contributed by atoms with Gasteiger partial charge in [0.2, 0.25) is 0 Å². The van der Waals surface area contributed by atoms with E-state index in [9.17, 15) is 4.79 Å². The molecule has 1 spiro atoms. The molecule has 0 radical (unpaired) electrons. The second kappa shape index (κ2) is 7.20. The summed E-state index contributed by atoms with van der Waals surface area (Å²) >= 11 is 0. The van der Waals surface area contributed by atoms with Crippen LogP contribution in [0.25, 0.3) is 0 Å². The predicted molar refractivity (Wildman–Crippen MR) is 105 cm³/mol. The average molecular weight is 349 g/mol. The standard InChI is InChI=1S/C22H27N3O/c1-18(26)20-8-6-19(7-9-20)17-25-14-4-10-22(25)11-15-24(16-12-22)21-5-2-3-13-23-21/h2-3,5-9,13H,4,10-12,14-17H2,1H3. The minimum atomic E-state index is 0.135. The van der Waals surface area contributed by atoms with Crippen molar-refractivity contribution in [2.24, 2.45) is 0 Å². The summed E-state index contributed by atoms with van der Waals surface area (Å²) in [6.07, 6.45) is 6.88. The Morgan fingerprint density at radius 3 is 2.46 bits per heavy atom. The van der Waals surface area contributed by atoms with Crippen LogP contribution in [0.1, 0.15) is 48.5 Å². The minimum Gasteiger partial charge on any atom is -0.356 e. The number of piperidine rings is 1. The van der Waals surface area contributed by atoms with Crippen molar-refractivity contribution in [3.8, 4) is 0 Å². The fourth-order valence-electron chi connectivity index (χ4n) is 4.57. The molecule has 0 bridgehead atoms. The van der Waals surface area contributed by atoms with Gasteiger partial charge in [0.15, 0.2) is 5.78 Å². The lowest BCUT2D eigenvalue weighted by atomic mass is 9.84. The molecule has 136 valence electrons. The van der Waals surface area contributed by atoms with Crippen molar-refractivity contribution in [3.63, 3.8) is 0 Å². The van der Waals surface area contributed by atoms with Crippen molar-refractivity contribution in [2.75, 3.05) is 24.5 Å². The summed E-state index contributed by atoms with van der Waals surface area (Å²) in [4.78, 5) is 21.1. The van der Waals surface area contributed by atoms with E-state index in [-0.39, 0.29) is 5.78 Å². The molecule has 4 heteroatoms. The molecule has 0 saturated carbocycles. The molecule has 2 fully saturated rings. The third-order valence-electron chi connectivity index (χ3n) is 6.14. The van der Waals surface area contributed by atoms with E-state index in [1.165, 1.54) is 37.8 Å². The Kier molecular flexibility index (Phi) is 4.77. The third kappa shape index (κ3) is 3.38. The third-order valence-corrected chi connectivity index (χ3v) is 6.14. The number of anilines is 1. The number of hydrogen-bond donors (Lipinski definition) is 0. The lowest BCUT2D eigenvalue weighted by Gasteiger charge is -2.45. The summed E-state index contributed by atoms with van der Waals surface area (Å²) < 4.78 is 0. The smallest absolute Gasteiger partial charge is 0.159 e. The molecule has 2 saturated heterocycles. The molecule has 26 heavy (non-hydrogen) atoms. The lowest BCUT2D eigenvalue weighted by molar-refractivity contribution is 0.0993. The van der Waals surface area contributed by atoms with Gasteiger partial charge in [0.1, 0.15) is 5.82 Å². The van der Waals surface area contributed by atoms with Crippen LogP contribution in [0.4, 0.5) is 5.82 Å². The summed E-state index contributed by atoms with van der Waals surface area (Å²) in [5.41, 5.74) is 2.45. The number of rotatable bonds is 4. The van der Waals surface area contributed by atoms with Gasteiger partial charge in [-0.3, -0.25) is 9.69 Å². The van der Waals surface area contributed by atoms with Gasteiger partial charge >= 0.3 is 0 Å². The van der Waals surface area contributed by atoms with Crippen molar-refractivity contribution in [3.05, 3.63) is 59.8 Å². The molecular weight excluding hydrogens is 322 g/mol. The van der Waals surface area contributed by atoms with E-state index in [2.05, 4.69) is 39.0 Å². The summed E-state index contributed by atoms with van der Waals surface area (Å²) in [5, 5.41) is 0. The van der Waals surface area contributed by atoms with Crippen molar-refractivity contribution >= 4 is 11.6 Å². The number of hydrogen-bond acceptors (Lipinski definition) is 4. The van der Waals surface area contributed by atoms with Crippen LogP contribution in [-0.4, -0.2) is 40.8 Å². The fourth-order valence-corrected chi connectivity index (χ4v) is 4.57. The number of nitrogens with zero attached hydrogens (tertiary/aromatic N) is 3. The number of Topliss-reactive ketones (excluding diaryl/α,β-unsaturated/α-hetero) is 1. The molecule has 3 heterocycles. The molecule has 0 N–H and O–H groups in total. The van der Waals surface area contributed by atoms with Gasteiger partial charge in [-0.2, -0.15) is 0 Å². The molecule has 0 unspecified atom stereocenters. The number of ketones is 1. The quantitative estimate of drug-likeness (QED) is 0.784. The number of carbonyl (C=O) groups is 1. The van der Waals surface area contributed by atoms with Gasteiger partial charge in [-0.15, -0.1) is 0 Å². The molecule has 4 rings (SSSR count). The Balaban J connectivity index is 1.43. The van der Waals surface area contributed by atoms with Crippen molar-refractivity contribution in [1.29, 1.82) is 0 Å². The van der Waals surface area contributed by atoms with Crippen LogP contribution in [0, 0.1) is 0 Å². The van der Waals surface area contributed by atoms with Gasteiger partial charge < -0.3 is 4.90 Å². The van der Waals surface area contributed by atoms with E-state index >= 15 is 0 Å². The highest BCUT2D eigenvalue weighted by atomic mass is 16.1. The van der Waals surface area contributed by atoms with Crippen molar-refractivity contribution < 1.29 is 4.79 Å². The lowest BCUT2D eigenvalue weighted by Crippen LogP contribution is -2.52. The zero-order valence-corrected chi connectivity index (χ0v) is 15.5. The van der Waals surface area contributed by atoms with Gasteiger partial charge in [0.05, 0.1) is 0 Å². The van der Waals surface area contributed by atoms with Crippen LogP contribution in [0.15, 0.2) is 48.7 Å². The molecule has 2 aromatic rings. The van der Waals surface area contributed by atoms with Gasteiger partial charge in [-0.1, -0.05) is 30.3 Å². The van der Waals surface area contributed by atoms with Crippen LogP contribution in [-0.2, 0) is 6.54 Å². The van der Waals surface area contributed by atoms with E-state index in [4.69, 9.17) is 0 Å². The monoisotopic (exact) mass is 349 g/mol. The highest BCUT2D eigenvalue weighted by molar-refractivity contribution is 5.93. The predicted octanol–water partition coefficient (Wildman–Crippen LogP) is 3.92. The van der Waals surface area contributed by atoms with Crippen LogP contribution in [0.5, 0.6) is 0 Å². The maximum Gasteiger partial charge on any atom is 0.159 e. The molecule has 1 aromatic carbocycles. The molecule has 0 amide bonds. The van der Waals surface area contributed by atoms with Crippen LogP contribution in [0.3, 0.4) is 0 Å². The highest BCUT2D eigenvalue weighted by Gasteiger charge is 2.43. The Hall–Kier alpha value is -2.20. The second-order valence-electron chi connectivity index (χ2n) is 7.68. The summed E-state index contributed by atoms with van der Waals surface area (Å²) in [6, 6.07) is 14.3. The first-order valence-electron chi connectivity index (χ1n) is 9.67.